The third-order valence-electron chi connectivity index (χ3n) is 7.54. The van der Waals surface area contributed by atoms with Crippen LogP contribution in [-0.4, -0.2) is 74.6 Å². The van der Waals surface area contributed by atoms with E-state index in [9.17, 15) is 9.59 Å². The molecule has 0 atom stereocenters. The van der Waals surface area contributed by atoms with E-state index in [1.165, 1.54) is 0 Å². The van der Waals surface area contributed by atoms with Crippen LogP contribution >= 0.6 is 0 Å². The van der Waals surface area contributed by atoms with Crippen molar-refractivity contribution in [2.75, 3.05) is 53.4 Å². The zero-order valence-electron chi connectivity index (χ0n) is 24.3. The number of carbonyl (C=O) groups is 2. The number of nitrogens with zero attached hydrogens (tertiary/aromatic N) is 4. The molecule has 0 spiro atoms. The van der Waals surface area contributed by atoms with Gasteiger partial charge in [-0.3, -0.25) is 9.59 Å². The predicted octanol–water partition coefficient (Wildman–Crippen LogP) is 5.01. The molecule has 212 valence electrons. The summed E-state index contributed by atoms with van der Waals surface area (Å²) in [5.74, 6) is 1.13. The molecule has 2 amide bonds. The Kier molecular flexibility index (Phi) is 8.12. The third-order valence-corrected chi connectivity index (χ3v) is 7.54. The first-order valence-electron chi connectivity index (χ1n) is 13.6. The quantitative estimate of drug-likeness (QED) is 0.307. The molecule has 0 fully saturated rings. The van der Waals surface area contributed by atoms with Gasteiger partial charge in [0.15, 0.2) is 0 Å². The lowest BCUT2D eigenvalue weighted by Gasteiger charge is -2.23. The monoisotopic (exact) mass is 552 g/mol. The summed E-state index contributed by atoms with van der Waals surface area (Å²) in [6.07, 6.45) is 0. The van der Waals surface area contributed by atoms with Crippen molar-refractivity contribution >= 4 is 17.5 Å². The molecule has 8 heteroatoms. The number of aromatic nitrogens is 1. The largest absolute Gasteiger partial charge is 0.496 e. The molecule has 4 aromatic rings. The van der Waals surface area contributed by atoms with Crippen molar-refractivity contribution in [2.45, 2.75) is 13.1 Å². The van der Waals surface area contributed by atoms with E-state index in [4.69, 9.17) is 9.47 Å². The summed E-state index contributed by atoms with van der Waals surface area (Å²) in [5.41, 5.74) is 5.55. The lowest BCUT2D eigenvalue weighted by molar-refractivity contribution is 0.0775. The van der Waals surface area contributed by atoms with Crippen LogP contribution in [0.4, 0.5) is 5.69 Å². The molecule has 1 aliphatic heterocycles. The molecule has 5 rings (SSSR count). The Hall–Kier alpha value is -4.56. The van der Waals surface area contributed by atoms with E-state index in [-0.39, 0.29) is 11.8 Å². The topological polar surface area (TPSA) is 67.2 Å². The van der Waals surface area contributed by atoms with E-state index in [1.54, 1.807) is 30.1 Å². The van der Waals surface area contributed by atoms with Gasteiger partial charge in [0, 0.05) is 48.2 Å². The normalized spacial score (nSPS) is 12.4. The Balaban J connectivity index is 1.50. The fraction of sp³-hybridized carbons (Fsp3) is 0.273. The molecule has 0 unspecified atom stereocenters. The second kappa shape index (κ2) is 11.9. The highest BCUT2D eigenvalue weighted by Gasteiger charge is 2.28. The van der Waals surface area contributed by atoms with Crippen LogP contribution < -0.4 is 14.4 Å². The van der Waals surface area contributed by atoms with Gasteiger partial charge in [-0.05, 0) is 62.1 Å². The average molecular weight is 553 g/mol. The lowest BCUT2D eigenvalue weighted by atomic mass is 10.0. The molecule has 2 heterocycles. The maximum Gasteiger partial charge on any atom is 0.270 e. The standard InChI is InChI=1S/C33H36N4O4/c1-34(2)18-19-35(3)33(39)29-17-15-25-22-37(28-12-8-6-10-24(28)21-36(25)29)32(38)23-14-16-27(31(20-23)41-5)26-11-7-9-13-30(26)40-4/h6-17,20H,18-19,21-22H2,1-5H3. The van der Waals surface area contributed by atoms with Crippen molar-refractivity contribution in [3.05, 3.63) is 101 Å². The highest BCUT2D eigenvalue weighted by atomic mass is 16.5. The van der Waals surface area contributed by atoms with Crippen LogP contribution in [0.3, 0.4) is 0 Å². The van der Waals surface area contributed by atoms with Gasteiger partial charge in [-0.25, -0.2) is 0 Å². The van der Waals surface area contributed by atoms with E-state index < -0.39 is 0 Å². The number of hydrogen-bond acceptors (Lipinski definition) is 5. The number of ether oxygens (including phenoxy) is 2. The van der Waals surface area contributed by atoms with Gasteiger partial charge < -0.3 is 28.7 Å². The minimum atomic E-state index is -0.145. The first kappa shape index (κ1) is 28.0. The molecule has 0 bridgehead atoms. The van der Waals surface area contributed by atoms with Gasteiger partial charge in [0.05, 0.1) is 27.3 Å². The minimum absolute atomic E-state index is 0.0352. The fourth-order valence-corrected chi connectivity index (χ4v) is 5.24. The van der Waals surface area contributed by atoms with Crippen molar-refractivity contribution in [2.24, 2.45) is 0 Å². The smallest absolute Gasteiger partial charge is 0.270 e. The number of benzene rings is 3. The zero-order chi connectivity index (χ0) is 29.1. The van der Waals surface area contributed by atoms with E-state index in [0.717, 1.165) is 40.4 Å². The number of methoxy groups -OCH3 is 2. The predicted molar refractivity (Wildman–Crippen MR) is 161 cm³/mol. The van der Waals surface area contributed by atoms with Crippen LogP contribution in [0, 0.1) is 0 Å². The number of para-hydroxylation sites is 2. The van der Waals surface area contributed by atoms with Crippen LogP contribution in [0.15, 0.2) is 78.9 Å². The molecule has 3 aromatic carbocycles. The zero-order valence-corrected chi connectivity index (χ0v) is 24.3. The van der Waals surface area contributed by atoms with Gasteiger partial charge >= 0.3 is 0 Å². The van der Waals surface area contributed by atoms with Crippen molar-refractivity contribution in [3.8, 4) is 22.6 Å². The van der Waals surface area contributed by atoms with Gasteiger partial charge in [-0.15, -0.1) is 0 Å². The molecule has 0 aliphatic carbocycles. The Morgan fingerprint density at radius 3 is 2.24 bits per heavy atom. The Morgan fingerprint density at radius 1 is 0.780 bits per heavy atom. The van der Waals surface area contributed by atoms with Crippen LogP contribution in [0.2, 0.25) is 0 Å². The van der Waals surface area contributed by atoms with Crippen molar-refractivity contribution in [1.82, 2.24) is 14.4 Å². The molecular weight excluding hydrogens is 516 g/mol. The number of carbonyl (C=O) groups excluding carboxylic acids is 2. The van der Waals surface area contributed by atoms with E-state index in [0.29, 0.717) is 36.6 Å². The molecule has 41 heavy (non-hydrogen) atoms. The Labute approximate surface area is 241 Å². The summed E-state index contributed by atoms with van der Waals surface area (Å²) in [5, 5.41) is 0. The summed E-state index contributed by atoms with van der Waals surface area (Å²) in [4.78, 5) is 33.1. The number of hydrogen-bond donors (Lipinski definition) is 0. The molecule has 8 nitrogen and oxygen atoms in total. The summed E-state index contributed by atoms with van der Waals surface area (Å²) < 4.78 is 13.3. The Morgan fingerprint density at radius 2 is 1.49 bits per heavy atom. The average Bonchev–Trinajstić information content (AvgIpc) is 3.31. The molecule has 1 aliphatic rings. The van der Waals surface area contributed by atoms with E-state index in [2.05, 4.69) is 4.90 Å². The van der Waals surface area contributed by atoms with Crippen molar-refractivity contribution in [3.63, 3.8) is 0 Å². The fourth-order valence-electron chi connectivity index (χ4n) is 5.24. The molecule has 0 saturated carbocycles. The maximum absolute atomic E-state index is 14.1. The van der Waals surface area contributed by atoms with Crippen molar-refractivity contribution in [1.29, 1.82) is 0 Å². The summed E-state index contributed by atoms with van der Waals surface area (Å²) in [6, 6.07) is 24.9. The van der Waals surface area contributed by atoms with Gasteiger partial charge in [-0.1, -0.05) is 36.4 Å². The van der Waals surface area contributed by atoms with Crippen LogP contribution in [0.5, 0.6) is 11.5 Å². The highest BCUT2D eigenvalue weighted by molar-refractivity contribution is 6.07. The van der Waals surface area contributed by atoms with Crippen LogP contribution in [-0.2, 0) is 13.1 Å². The molecule has 0 saturated heterocycles. The number of rotatable bonds is 8. The van der Waals surface area contributed by atoms with E-state index in [1.807, 2.05) is 98.5 Å². The summed E-state index contributed by atoms with van der Waals surface area (Å²) >= 11 is 0. The van der Waals surface area contributed by atoms with Gasteiger partial charge in [0.25, 0.3) is 11.8 Å². The minimum Gasteiger partial charge on any atom is -0.496 e. The highest BCUT2D eigenvalue weighted by Crippen LogP contribution is 2.38. The molecular formula is C33H36N4O4. The summed E-state index contributed by atoms with van der Waals surface area (Å²) in [7, 11) is 9.05. The number of anilines is 1. The number of likely N-dealkylation sites (N-methyl/N-ethyl adjacent to an activating group) is 2. The van der Waals surface area contributed by atoms with Gasteiger partial charge in [-0.2, -0.15) is 0 Å². The van der Waals surface area contributed by atoms with E-state index >= 15 is 0 Å². The Bertz CT molecular complexity index is 1580. The molecule has 0 radical (unpaired) electrons. The SMILES string of the molecule is COc1ccccc1-c1ccc(C(=O)N2Cc3ccc(C(=O)N(C)CCN(C)C)n3Cc3ccccc32)cc1OC. The molecule has 0 N–H and O–H groups in total. The summed E-state index contributed by atoms with van der Waals surface area (Å²) in [6.45, 7) is 2.24. The lowest BCUT2D eigenvalue weighted by Crippen LogP contribution is -2.34. The second-order valence-electron chi connectivity index (χ2n) is 10.5. The first-order chi connectivity index (χ1) is 19.8. The van der Waals surface area contributed by atoms with Gasteiger partial charge in [0.2, 0.25) is 0 Å². The van der Waals surface area contributed by atoms with Crippen LogP contribution in [0.25, 0.3) is 11.1 Å². The molecule has 1 aromatic heterocycles. The number of fused-ring (bicyclic) bond motifs is 2. The second-order valence-corrected chi connectivity index (χ2v) is 10.5. The van der Waals surface area contributed by atoms with Gasteiger partial charge in [0.1, 0.15) is 17.2 Å². The van der Waals surface area contributed by atoms with Crippen molar-refractivity contribution < 1.29 is 19.1 Å². The third kappa shape index (κ3) is 5.56. The number of amides is 2. The van der Waals surface area contributed by atoms with Crippen LogP contribution in [0.1, 0.15) is 32.1 Å². The first-order valence-corrected chi connectivity index (χ1v) is 13.6. The maximum atomic E-state index is 14.1.